The van der Waals surface area contributed by atoms with Crippen LogP contribution < -0.4 is 9.62 Å². The fraction of sp³-hybridized carbons (Fsp3) is 0.316. The van der Waals surface area contributed by atoms with E-state index < -0.39 is 10.0 Å². The van der Waals surface area contributed by atoms with Crippen molar-refractivity contribution in [3.05, 3.63) is 58.1 Å². The molecule has 140 valence electrons. The lowest BCUT2D eigenvalue weighted by Crippen LogP contribution is -2.38. The van der Waals surface area contributed by atoms with E-state index in [1.807, 2.05) is 32.9 Å². The number of hydrogen-bond acceptors (Lipinski definition) is 3. The number of anilines is 1. The van der Waals surface area contributed by atoms with Crippen molar-refractivity contribution in [2.24, 2.45) is 0 Å². The summed E-state index contributed by atoms with van der Waals surface area (Å²) in [4.78, 5) is 13.8. The van der Waals surface area contributed by atoms with Crippen LogP contribution >= 0.6 is 11.6 Å². The summed E-state index contributed by atoms with van der Waals surface area (Å²) in [7, 11) is -3.74. The van der Waals surface area contributed by atoms with Crippen LogP contribution in [0.4, 0.5) is 5.69 Å². The van der Waals surface area contributed by atoms with E-state index >= 15 is 0 Å². The maximum absolute atomic E-state index is 12.4. The highest BCUT2D eigenvalue weighted by Gasteiger charge is 2.20. The van der Waals surface area contributed by atoms with Crippen LogP contribution in [0.15, 0.2) is 41.3 Å². The number of aryl methyl sites for hydroxylation is 3. The zero-order valence-electron chi connectivity index (χ0n) is 15.3. The van der Waals surface area contributed by atoms with E-state index in [2.05, 4.69) is 4.72 Å². The van der Waals surface area contributed by atoms with Gasteiger partial charge in [-0.3, -0.25) is 4.79 Å². The molecule has 26 heavy (non-hydrogen) atoms. The Labute approximate surface area is 160 Å². The molecule has 0 heterocycles. The lowest BCUT2D eigenvalue weighted by Gasteiger charge is -2.25. The topological polar surface area (TPSA) is 66.5 Å². The number of carbonyl (C=O) groups is 1. The van der Waals surface area contributed by atoms with Crippen molar-refractivity contribution in [1.29, 1.82) is 0 Å². The van der Waals surface area contributed by atoms with Gasteiger partial charge in [-0.2, -0.15) is 0 Å². The number of benzene rings is 2. The van der Waals surface area contributed by atoms with Crippen LogP contribution in [0.2, 0.25) is 5.02 Å². The summed E-state index contributed by atoms with van der Waals surface area (Å²) in [6.07, 6.45) is 0. The molecule has 0 saturated carbocycles. The molecule has 0 saturated heterocycles. The predicted octanol–water partition coefficient (Wildman–Crippen LogP) is 3.60. The summed E-state index contributed by atoms with van der Waals surface area (Å²) >= 11 is 5.97. The van der Waals surface area contributed by atoms with E-state index in [4.69, 9.17) is 11.6 Å². The second-order valence-electron chi connectivity index (χ2n) is 6.25. The Morgan fingerprint density at radius 3 is 2.23 bits per heavy atom. The summed E-state index contributed by atoms with van der Waals surface area (Å²) in [6, 6.07) is 10.3. The number of rotatable bonds is 6. The van der Waals surface area contributed by atoms with Gasteiger partial charge in [0, 0.05) is 25.7 Å². The van der Waals surface area contributed by atoms with Crippen LogP contribution in [-0.2, 0) is 14.8 Å². The summed E-state index contributed by atoms with van der Waals surface area (Å²) in [6.45, 7) is 7.67. The molecule has 0 bridgehead atoms. The molecule has 0 aliphatic rings. The first-order valence-corrected chi connectivity index (χ1v) is 10.1. The first kappa shape index (κ1) is 20.4. The third kappa shape index (κ3) is 4.63. The number of nitrogens with one attached hydrogen (secondary N) is 1. The zero-order valence-corrected chi connectivity index (χ0v) is 16.9. The average Bonchev–Trinajstić information content (AvgIpc) is 2.52. The second-order valence-corrected chi connectivity index (χ2v) is 8.39. The van der Waals surface area contributed by atoms with Crippen molar-refractivity contribution >= 4 is 33.2 Å². The molecule has 7 heteroatoms. The second kappa shape index (κ2) is 8.20. The third-order valence-corrected chi connectivity index (χ3v) is 6.00. The predicted molar refractivity (Wildman–Crippen MR) is 105 cm³/mol. The van der Waals surface area contributed by atoms with Gasteiger partial charge < -0.3 is 4.90 Å². The van der Waals surface area contributed by atoms with Gasteiger partial charge in [0.05, 0.1) is 5.02 Å². The molecule has 0 aliphatic carbocycles. The Balaban J connectivity index is 2.18. The van der Waals surface area contributed by atoms with E-state index in [-0.39, 0.29) is 28.9 Å². The first-order valence-electron chi connectivity index (χ1n) is 8.23. The Morgan fingerprint density at radius 1 is 1.12 bits per heavy atom. The standard InChI is InChI=1S/C19H23ClN2O3S/c1-13-11-14(2)19(15(3)12-13)22(16(4)23)10-9-21-26(24,25)18-8-6-5-7-17(18)20/h5-8,11-12,21H,9-10H2,1-4H3. The Morgan fingerprint density at radius 2 is 1.69 bits per heavy atom. The van der Waals surface area contributed by atoms with Crippen LogP contribution in [-0.4, -0.2) is 27.4 Å². The summed E-state index contributed by atoms with van der Waals surface area (Å²) in [5, 5.41) is 0.161. The molecule has 0 spiro atoms. The quantitative estimate of drug-likeness (QED) is 0.814. The molecule has 0 unspecified atom stereocenters. The van der Waals surface area contributed by atoms with E-state index in [0.29, 0.717) is 0 Å². The molecule has 0 aromatic heterocycles. The van der Waals surface area contributed by atoms with Gasteiger partial charge in [-0.1, -0.05) is 41.4 Å². The van der Waals surface area contributed by atoms with Crippen LogP contribution in [0.5, 0.6) is 0 Å². The lowest BCUT2D eigenvalue weighted by atomic mass is 10.0. The molecular formula is C19H23ClN2O3S. The van der Waals surface area contributed by atoms with Gasteiger partial charge in [-0.15, -0.1) is 0 Å². The minimum absolute atomic E-state index is 0.0266. The molecule has 2 rings (SSSR count). The molecule has 1 amide bonds. The van der Waals surface area contributed by atoms with E-state index in [1.54, 1.807) is 17.0 Å². The smallest absolute Gasteiger partial charge is 0.242 e. The number of hydrogen-bond donors (Lipinski definition) is 1. The molecule has 1 N–H and O–H groups in total. The molecular weight excluding hydrogens is 372 g/mol. The summed E-state index contributed by atoms with van der Waals surface area (Å²) < 4.78 is 27.4. The highest BCUT2D eigenvalue weighted by Crippen LogP contribution is 2.26. The Hall–Kier alpha value is -1.89. The zero-order chi connectivity index (χ0) is 19.5. The fourth-order valence-corrected chi connectivity index (χ4v) is 4.60. The van der Waals surface area contributed by atoms with Gasteiger partial charge in [-0.25, -0.2) is 13.1 Å². The van der Waals surface area contributed by atoms with Crippen molar-refractivity contribution < 1.29 is 13.2 Å². The minimum atomic E-state index is -3.74. The van der Waals surface area contributed by atoms with Crippen molar-refractivity contribution in [3.63, 3.8) is 0 Å². The molecule has 0 atom stereocenters. The van der Waals surface area contributed by atoms with Crippen LogP contribution in [0.1, 0.15) is 23.6 Å². The van der Waals surface area contributed by atoms with Gasteiger partial charge >= 0.3 is 0 Å². The number of amides is 1. The highest BCUT2D eigenvalue weighted by atomic mass is 35.5. The largest absolute Gasteiger partial charge is 0.311 e. The van der Waals surface area contributed by atoms with Gasteiger partial charge in [0.1, 0.15) is 4.90 Å². The Bertz CT molecular complexity index is 903. The fourth-order valence-electron chi connectivity index (χ4n) is 3.06. The van der Waals surface area contributed by atoms with Crippen molar-refractivity contribution in [2.75, 3.05) is 18.0 Å². The maximum Gasteiger partial charge on any atom is 0.242 e. The van der Waals surface area contributed by atoms with Gasteiger partial charge in [0.25, 0.3) is 0 Å². The van der Waals surface area contributed by atoms with Crippen LogP contribution in [0.25, 0.3) is 0 Å². The lowest BCUT2D eigenvalue weighted by molar-refractivity contribution is -0.116. The molecule has 0 aliphatic heterocycles. The number of carbonyl (C=O) groups excluding carboxylic acids is 1. The number of halogens is 1. The third-order valence-electron chi connectivity index (χ3n) is 4.04. The molecule has 5 nitrogen and oxygen atoms in total. The van der Waals surface area contributed by atoms with Crippen LogP contribution in [0.3, 0.4) is 0 Å². The number of nitrogens with zero attached hydrogens (tertiary/aromatic N) is 1. The van der Waals surface area contributed by atoms with E-state index in [1.165, 1.54) is 19.1 Å². The monoisotopic (exact) mass is 394 g/mol. The van der Waals surface area contributed by atoms with Crippen molar-refractivity contribution in [3.8, 4) is 0 Å². The molecule has 2 aromatic carbocycles. The molecule has 2 aromatic rings. The van der Waals surface area contributed by atoms with E-state index in [0.717, 1.165) is 22.4 Å². The van der Waals surface area contributed by atoms with Gasteiger partial charge in [0.15, 0.2) is 0 Å². The minimum Gasteiger partial charge on any atom is -0.311 e. The first-order chi connectivity index (χ1) is 12.1. The van der Waals surface area contributed by atoms with Crippen molar-refractivity contribution in [2.45, 2.75) is 32.6 Å². The average molecular weight is 395 g/mol. The van der Waals surface area contributed by atoms with Crippen molar-refractivity contribution in [1.82, 2.24) is 4.72 Å². The SMILES string of the molecule is CC(=O)N(CCNS(=O)(=O)c1ccccc1Cl)c1c(C)cc(C)cc1C. The summed E-state index contributed by atoms with van der Waals surface area (Å²) in [5.74, 6) is -0.142. The summed E-state index contributed by atoms with van der Waals surface area (Å²) in [5.41, 5.74) is 3.89. The highest BCUT2D eigenvalue weighted by molar-refractivity contribution is 7.89. The number of sulfonamides is 1. The molecule has 0 radical (unpaired) electrons. The maximum atomic E-state index is 12.4. The van der Waals surface area contributed by atoms with Crippen LogP contribution in [0, 0.1) is 20.8 Å². The Kier molecular flexibility index (Phi) is 6.44. The van der Waals surface area contributed by atoms with Gasteiger partial charge in [0.2, 0.25) is 15.9 Å². The van der Waals surface area contributed by atoms with Gasteiger partial charge in [-0.05, 0) is 44.0 Å². The molecule has 0 fully saturated rings. The normalized spacial score (nSPS) is 11.4. The van der Waals surface area contributed by atoms with E-state index in [9.17, 15) is 13.2 Å².